The smallest absolute Gasteiger partial charge is 0.269 e. The molecule has 1 saturated carbocycles. The van der Waals surface area contributed by atoms with Gasteiger partial charge in [0.25, 0.3) is 10.0 Å². The Kier molecular flexibility index (Phi) is 7.82. The van der Waals surface area contributed by atoms with Crippen LogP contribution in [0.3, 0.4) is 0 Å². The third-order valence-electron chi connectivity index (χ3n) is 7.76. The highest BCUT2D eigenvalue weighted by Gasteiger charge is 2.27. The number of aryl methyl sites for hydroxylation is 3. The second-order valence-electron chi connectivity index (χ2n) is 11.0. The van der Waals surface area contributed by atoms with E-state index < -0.39 is 15.8 Å². The summed E-state index contributed by atoms with van der Waals surface area (Å²) >= 11 is 6.11. The highest BCUT2D eigenvalue weighted by molar-refractivity contribution is 7.90. The summed E-state index contributed by atoms with van der Waals surface area (Å²) in [5.74, 6) is 0.413. The van der Waals surface area contributed by atoms with Crippen LogP contribution >= 0.6 is 11.6 Å². The maximum atomic E-state index is 15.4. The predicted molar refractivity (Wildman–Crippen MR) is 162 cm³/mol. The van der Waals surface area contributed by atoms with E-state index in [1.54, 1.807) is 37.3 Å². The van der Waals surface area contributed by atoms with E-state index in [0.29, 0.717) is 34.2 Å². The van der Waals surface area contributed by atoms with Crippen molar-refractivity contribution in [1.82, 2.24) is 33.9 Å². The first-order chi connectivity index (χ1) is 20.6. The summed E-state index contributed by atoms with van der Waals surface area (Å²) in [6.07, 6.45) is 8.28. The molecule has 1 fully saturated rings. The molecule has 0 unspecified atom stereocenters. The molecule has 0 saturated heterocycles. The molecule has 0 bridgehead atoms. The Morgan fingerprint density at radius 2 is 1.86 bits per heavy atom. The van der Waals surface area contributed by atoms with Gasteiger partial charge in [0.15, 0.2) is 17.3 Å². The van der Waals surface area contributed by atoms with Gasteiger partial charge in [-0.25, -0.2) is 46.7 Å². The fourth-order valence-corrected chi connectivity index (χ4v) is 7.22. The maximum Gasteiger partial charge on any atom is 0.269 e. The standard InChI is InChI=1S/C30H30ClFN8O2S/c1-17-7-9-22(10-8-17)43(41,42)40-15-24(23-14-33-16-34-29(23)40)28-36-19(3)27(32)25(38-28)13-20-5-4-6-21(12-20)37-30-35-18(2)11-26(31)39-30/h7-11,14-16,20-21H,4-6,12-13H2,1-3H3,(H,35,37,39)/t20-,21+/m1/s1. The number of nitrogens with one attached hydrogen (secondary N) is 1. The Hall–Kier alpha value is -4.03. The van der Waals surface area contributed by atoms with Crippen LogP contribution in [0.15, 0.2) is 53.9 Å². The van der Waals surface area contributed by atoms with Crippen LogP contribution in [0.5, 0.6) is 0 Å². The molecule has 0 amide bonds. The van der Waals surface area contributed by atoms with Crippen LogP contribution in [0.25, 0.3) is 22.4 Å². The topological polar surface area (TPSA) is 128 Å². The van der Waals surface area contributed by atoms with E-state index in [1.165, 1.54) is 18.7 Å². The number of hydrogen-bond donors (Lipinski definition) is 1. The Labute approximate surface area is 253 Å². The molecule has 2 atom stereocenters. The van der Waals surface area contributed by atoms with Crippen molar-refractivity contribution in [2.45, 2.75) is 63.8 Å². The molecule has 1 aromatic carbocycles. The SMILES string of the molecule is Cc1ccc(S(=O)(=O)n2cc(-c3nc(C)c(F)c(C[C@@H]4CCC[C@H](Nc5nc(C)cc(Cl)n5)C4)n3)c3cncnc32)cc1. The van der Waals surface area contributed by atoms with Crippen molar-refractivity contribution in [2.24, 2.45) is 5.92 Å². The molecular formula is C30H30ClFN8O2S. The van der Waals surface area contributed by atoms with Crippen LogP contribution in [0.1, 0.15) is 48.3 Å². The lowest BCUT2D eigenvalue weighted by molar-refractivity contribution is 0.327. The summed E-state index contributed by atoms with van der Waals surface area (Å²) in [6, 6.07) is 8.41. The Morgan fingerprint density at radius 3 is 2.63 bits per heavy atom. The molecule has 10 nitrogen and oxygen atoms in total. The zero-order valence-corrected chi connectivity index (χ0v) is 25.5. The number of rotatable bonds is 7. The quantitative estimate of drug-likeness (QED) is 0.223. The van der Waals surface area contributed by atoms with Crippen molar-refractivity contribution in [3.05, 3.63) is 82.7 Å². The third-order valence-corrected chi connectivity index (χ3v) is 9.62. The van der Waals surface area contributed by atoms with Crippen molar-refractivity contribution in [2.75, 3.05) is 5.32 Å². The first-order valence-corrected chi connectivity index (χ1v) is 15.8. The lowest BCUT2D eigenvalue weighted by Crippen LogP contribution is -2.29. The van der Waals surface area contributed by atoms with Gasteiger partial charge < -0.3 is 5.32 Å². The monoisotopic (exact) mass is 620 g/mol. The molecule has 1 aliphatic rings. The van der Waals surface area contributed by atoms with Crippen LogP contribution < -0.4 is 5.32 Å². The summed E-state index contributed by atoms with van der Waals surface area (Å²) in [5.41, 5.74) is 2.80. The van der Waals surface area contributed by atoms with Crippen LogP contribution in [0.4, 0.5) is 10.3 Å². The molecule has 5 aromatic rings. The third kappa shape index (κ3) is 5.94. The second kappa shape index (κ2) is 11.6. The zero-order valence-electron chi connectivity index (χ0n) is 23.9. The molecule has 43 heavy (non-hydrogen) atoms. The first kappa shape index (κ1) is 29.1. The van der Waals surface area contributed by atoms with Gasteiger partial charge >= 0.3 is 0 Å². The lowest BCUT2D eigenvalue weighted by atomic mass is 9.83. The average molecular weight is 621 g/mol. The molecule has 1 aliphatic carbocycles. The van der Waals surface area contributed by atoms with Crippen LogP contribution in [0, 0.1) is 32.5 Å². The fraction of sp³-hybridized carbons (Fsp3) is 0.333. The minimum atomic E-state index is -3.99. The summed E-state index contributed by atoms with van der Waals surface area (Å²) < 4.78 is 43.8. The van der Waals surface area contributed by atoms with E-state index >= 15 is 4.39 Å². The molecule has 4 heterocycles. The summed E-state index contributed by atoms with van der Waals surface area (Å²) in [5, 5.41) is 4.22. The highest BCUT2D eigenvalue weighted by atomic mass is 35.5. The summed E-state index contributed by atoms with van der Waals surface area (Å²) in [6.45, 7) is 5.34. The number of nitrogens with zero attached hydrogens (tertiary/aromatic N) is 7. The number of anilines is 1. The molecule has 0 radical (unpaired) electrons. The Balaban J connectivity index is 1.31. The fourth-order valence-electron chi connectivity index (χ4n) is 5.65. The molecule has 4 aromatic heterocycles. The van der Waals surface area contributed by atoms with E-state index in [0.717, 1.165) is 40.9 Å². The van der Waals surface area contributed by atoms with Crippen molar-refractivity contribution in [3.8, 4) is 11.4 Å². The number of aromatic nitrogens is 7. The minimum Gasteiger partial charge on any atom is -0.351 e. The second-order valence-corrected chi connectivity index (χ2v) is 13.2. The molecule has 0 aliphatic heterocycles. The number of fused-ring (bicyclic) bond motifs is 1. The van der Waals surface area contributed by atoms with Gasteiger partial charge in [-0.1, -0.05) is 35.7 Å². The normalized spacial score (nSPS) is 17.3. The van der Waals surface area contributed by atoms with Gasteiger partial charge in [-0.15, -0.1) is 0 Å². The van der Waals surface area contributed by atoms with Crippen molar-refractivity contribution < 1.29 is 12.8 Å². The van der Waals surface area contributed by atoms with E-state index in [1.807, 2.05) is 13.8 Å². The molecular weight excluding hydrogens is 591 g/mol. The molecule has 222 valence electrons. The molecule has 6 rings (SSSR count). The van der Waals surface area contributed by atoms with Gasteiger partial charge in [0, 0.05) is 35.1 Å². The van der Waals surface area contributed by atoms with Crippen molar-refractivity contribution >= 4 is 38.6 Å². The van der Waals surface area contributed by atoms with Crippen molar-refractivity contribution in [1.29, 1.82) is 0 Å². The average Bonchev–Trinajstić information content (AvgIpc) is 3.36. The molecule has 13 heteroatoms. The largest absolute Gasteiger partial charge is 0.351 e. The molecule has 1 N–H and O–H groups in total. The maximum absolute atomic E-state index is 15.4. The van der Waals surface area contributed by atoms with Gasteiger partial charge in [0.1, 0.15) is 11.5 Å². The van der Waals surface area contributed by atoms with Crippen molar-refractivity contribution in [3.63, 3.8) is 0 Å². The van der Waals surface area contributed by atoms with E-state index in [9.17, 15) is 8.42 Å². The number of hydrogen-bond acceptors (Lipinski definition) is 9. The number of halogens is 2. The highest BCUT2D eigenvalue weighted by Crippen LogP contribution is 2.33. The van der Waals surface area contributed by atoms with E-state index in [-0.39, 0.29) is 34.0 Å². The number of benzene rings is 1. The first-order valence-electron chi connectivity index (χ1n) is 14.0. The Morgan fingerprint density at radius 1 is 1.07 bits per heavy atom. The predicted octanol–water partition coefficient (Wildman–Crippen LogP) is 5.85. The van der Waals surface area contributed by atoms with Gasteiger partial charge in [-0.2, -0.15) is 0 Å². The molecule has 0 spiro atoms. The van der Waals surface area contributed by atoms with Crippen LogP contribution in [-0.2, 0) is 16.4 Å². The van der Waals surface area contributed by atoms with Crippen LogP contribution in [0.2, 0.25) is 5.15 Å². The zero-order chi connectivity index (χ0) is 30.3. The minimum absolute atomic E-state index is 0.115. The van der Waals surface area contributed by atoms with Gasteiger partial charge in [-0.05, 0) is 70.6 Å². The van der Waals surface area contributed by atoms with E-state index in [2.05, 4.69) is 35.2 Å². The van der Waals surface area contributed by atoms with Gasteiger partial charge in [0.2, 0.25) is 5.95 Å². The van der Waals surface area contributed by atoms with Gasteiger partial charge in [-0.3, -0.25) is 0 Å². The summed E-state index contributed by atoms with van der Waals surface area (Å²) in [7, 11) is -3.99. The van der Waals surface area contributed by atoms with E-state index in [4.69, 9.17) is 11.6 Å². The lowest BCUT2D eigenvalue weighted by Gasteiger charge is -2.30. The van der Waals surface area contributed by atoms with Gasteiger partial charge in [0.05, 0.1) is 16.3 Å². The van der Waals surface area contributed by atoms with Crippen LogP contribution in [-0.4, -0.2) is 48.3 Å². The summed E-state index contributed by atoms with van der Waals surface area (Å²) in [4.78, 5) is 26.3. The Bertz CT molecular complexity index is 1910.